The van der Waals surface area contributed by atoms with Gasteiger partial charge >= 0.3 is 0 Å². The fourth-order valence-corrected chi connectivity index (χ4v) is 2.70. The van der Waals surface area contributed by atoms with E-state index in [0.29, 0.717) is 18.2 Å². The largest absolute Gasteiger partial charge is 0.494 e. The number of benzene rings is 1. The molecular formula is C16H21N3O2S. The van der Waals surface area contributed by atoms with E-state index in [1.165, 1.54) is 11.3 Å². The summed E-state index contributed by atoms with van der Waals surface area (Å²) in [5.74, 6) is 0.849. The topological polar surface area (TPSA) is 63.2 Å². The summed E-state index contributed by atoms with van der Waals surface area (Å²) in [6.07, 6.45) is 1.32. The van der Waals surface area contributed by atoms with E-state index in [9.17, 15) is 4.79 Å². The van der Waals surface area contributed by atoms with Gasteiger partial charge in [-0.15, -0.1) is 11.3 Å². The number of hydrogen-bond acceptors (Lipinski definition) is 5. The molecule has 0 aliphatic carbocycles. The third-order valence-electron chi connectivity index (χ3n) is 3.04. The Kier molecular flexibility index (Phi) is 6.36. The maximum Gasteiger partial charge on any atom is 0.226 e. The molecule has 6 heteroatoms. The van der Waals surface area contributed by atoms with Crippen LogP contribution < -0.4 is 15.4 Å². The molecule has 0 spiro atoms. The van der Waals surface area contributed by atoms with Gasteiger partial charge in [0.15, 0.2) is 5.13 Å². The average Bonchev–Trinajstić information content (AvgIpc) is 2.97. The Balaban J connectivity index is 1.94. The SMILES string of the molecule is CCOc1ccc(-c2csc(NC(=O)CCCNC)n2)cc1. The highest BCUT2D eigenvalue weighted by molar-refractivity contribution is 7.14. The molecule has 1 heterocycles. The minimum atomic E-state index is 0.00263. The van der Waals surface area contributed by atoms with Gasteiger partial charge in [0, 0.05) is 17.4 Å². The van der Waals surface area contributed by atoms with Gasteiger partial charge in [-0.05, 0) is 51.2 Å². The quantitative estimate of drug-likeness (QED) is 0.734. The van der Waals surface area contributed by atoms with E-state index in [2.05, 4.69) is 15.6 Å². The molecule has 2 N–H and O–H groups in total. The number of nitrogens with zero attached hydrogens (tertiary/aromatic N) is 1. The summed E-state index contributed by atoms with van der Waals surface area (Å²) in [6, 6.07) is 7.79. The van der Waals surface area contributed by atoms with Crippen molar-refractivity contribution in [1.82, 2.24) is 10.3 Å². The normalized spacial score (nSPS) is 10.5. The van der Waals surface area contributed by atoms with Gasteiger partial charge in [-0.3, -0.25) is 4.79 Å². The second-order valence-electron chi connectivity index (χ2n) is 4.75. The first kappa shape index (κ1) is 16.5. The molecule has 1 aromatic carbocycles. The van der Waals surface area contributed by atoms with Crippen LogP contribution in [-0.4, -0.2) is 31.1 Å². The first-order valence-electron chi connectivity index (χ1n) is 7.36. The number of carbonyl (C=O) groups excluding carboxylic acids is 1. The van der Waals surface area contributed by atoms with Crippen molar-refractivity contribution in [3.63, 3.8) is 0 Å². The molecular weight excluding hydrogens is 298 g/mol. The summed E-state index contributed by atoms with van der Waals surface area (Å²) in [6.45, 7) is 3.45. The minimum Gasteiger partial charge on any atom is -0.494 e. The molecule has 0 fully saturated rings. The van der Waals surface area contributed by atoms with E-state index in [1.807, 2.05) is 43.6 Å². The summed E-state index contributed by atoms with van der Waals surface area (Å²) < 4.78 is 5.42. The summed E-state index contributed by atoms with van der Waals surface area (Å²) in [7, 11) is 1.88. The molecule has 118 valence electrons. The molecule has 2 aromatic rings. The number of hydrogen-bond donors (Lipinski definition) is 2. The Morgan fingerprint density at radius 1 is 1.32 bits per heavy atom. The highest BCUT2D eigenvalue weighted by Gasteiger charge is 2.08. The van der Waals surface area contributed by atoms with Crippen molar-refractivity contribution in [3.05, 3.63) is 29.6 Å². The Morgan fingerprint density at radius 3 is 2.77 bits per heavy atom. The van der Waals surface area contributed by atoms with Crippen LogP contribution in [-0.2, 0) is 4.79 Å². The van der Waals surface area contributed by atoms with E-state index in [1.54, 1.807) is 0 Å². The Bertz CT molecular complexity index is 596. The molecule has 1 amide bonds. The van der Waals surface area contributed by atoms with Crippen LogP contribution in [0.4, 0.5) is 5.13 Å². The molecule has 0 radical (unpaired) electrons. The number of anilines is 1. The van der Waals surface area contributed by atoms with Gasteiger partial charge in [0.25, 0.3) is 0 Å². The zero-order valence-corrected chi connectivity index (χ0v) is 13.7. The zero-order valence-electron chi connectivity index (χ0n) is 12.9. The summed E-state index contributed by atoms with van der Waals surface area (Å²) in [5, 5.41) is 8.44. The van der Waals surface area contributed by atoms with E-state index < -0.39 is 0 Å². The smallest absolute Gasteiger partial charge is 0.226 e. The van der Waals surface area contributed by atoms with E-state index >= 15 is 0 Å². The van der Waals surface area contributed by atoms with Crippen LogP contribution in [0.5, 0.6) is 5.75 Å². The predicted octanol–water partition coefficient (Wildman–Crippen LogP) is 3.15. The number of nitrogens with one attached hydrogen (secondary N) is 2. The van der Waals surface area contributed by atoms with E-state index in [4.69, 9.17) is 4.74 Å². The van der Waals surface area contributed by atoms with Crippen molar-refractivity contribution in [3.8, 4) is 17.0 Å². The van der Waals surface area contributed by atoms with E-state index in [0.717, 1.165) is 30.0 Å². The van der Waals surface area contributed by atoms with Crippen LogP contribution in [0.25, 0.3) is 11.3 Å². The average molecular weight is 319 g/mol. The number of rotatable bonds is 8. The van der Waals surface area contributed by atoms with Crippen molar-refractivity contribution in [1.29, 1.82) is 0 Å². The van der Waals surface area contributed by atoms with Crippen LogP contribution in [0.15, 0.2) is 29.6 Å². The number of thiazole rings is 1. The first-order valence-corrected chi connectivity index (χ1v) is 8.24. The van der Waals surface area contributed by atoms with Crippen molar-refractivity contribution in [2.24, 2.45) is 0 Å². The van der Waals surface area contributed by atoms with Crippen molar-refractivity contribution < 1.29 is 9.53 Å². The third kappa shape index (κ3) is 4.82. The monoisotopic (exact) mass is 319 g/mol. The molecule has 0 aliphatic heterocycles. The number of ether oxygens (including phenoxy) is 1. The Morgan fingerprint density at radius 2 is 2.09 bits per heavy atom. The molecule has 0 saturated carbocycles. The van der Waals surface area contributed by atoms with Gasteiger partial charge < -0.3 is 15.4 Å². The molecule has 0 bridgehead atoms. The Hall–Kier alpha value is -1.92. The van der Waals surface area contributed by atoms with Gasteiger partial charge in [0.1, 0.15) is 5.75 Å². The van der Waals surface area contributed by atoms with E-state index in [-0.39, 0.29) is 5.91 Å². The van der Waals surface area contributed by atoms with Crippen LogP contribution in [0.2, 0.25) is 0 Å². The lowest BCUT2D eigenvalue weighted by Crippen LogP contribution is -2.15. The highest BCUT2D eigenvalue weighted by Crippen LogP contribution is 2.26. The first-order chi connectivity index (χ1) is 10.7. The second kappa shape index (κ2) is 8.51. The molecule has 2 rings (SSSR count). The number of amides is 1. The van der Waals surface area contributed by atoms with Gasteiger partial charge in [0.05, 0.1) is 12.3 Å². The van der Waals surface area contributed by atoms with Crippen molar-refractivity contribution in [2.75, 3.05) is 25.5 Å². The summed E-state index contributed by atoms with van der Waals surface area (Å²) >= 11 is 1.44. The predicted molar refractivity (Wildman–Crippen MR) is 90.5 cm³/mol. The maximum atomic E-state index is 11.8. The molecule has 5 nitrogen and oxygen atoms in total. The zero-order chi connectivity index (χ0) is 15.8. The lowest BCUT2D eigenvalue weighted by atomic mass is 10.2. The lowest BCUT2D eigenvalue weighted by molar-refractivity contribution is -0.116. The lowest BCUT2D eigenvalue weighted by Gasteiger charge is -2.03. The van der Waals surface area contributed by atoms with Gasteiger partial charge in [-0.2, -0.15) is 0 Å². The summed E-state index contributed by atoms with van der Waals surface area (Å²) in [5.41, 5.74) is 1.87. The fourth-order valence-electron chi connectivity index (χ4n) is 1.96. The van der Waals surface area contributed by atoms with Gasteiger partial charge in [0.2, 0.25) is 5.91 Å². The molecule has 22 heavy (non-hydrogen) atoms. The van der Waals surface area contributed by atoms with Crippen LogP contribution in [0, 0.1) is 0 Å². The van der Waals surface area contributed by atoms with Crippen LogP contribution in [0.3, 0.4) is 0 Å². The van der Waals surface area contributed by atoms with Gasteiger partial charge in [-0.25, -0.2) is 4.98 Å². The molecule has 0 unspecified atom stereocenters. The molecule has 1 aromatic heterocycles. The maximum absolute atomic E-state index is 11.8. The fraction of sp³-hybridized carbons (Fsp3) is 0.375. The highest BCUT2D eigenvalue weighted by atomic mass is 32.1. The summed E-state index contributed by atoms with van der Waals surface area (Å²) in [4.78, 5) is 16.2. The standard InChI is InChI=1S/C16H21N3O2S/c1-3-21-13-8-6-12(7-9-13)14-11-22-16(18-14)19-15(20)5-4-10-17-2/h6-9,11,17H,3-5,10H2,1-2H3,(H,18,19,20). The molecule has 0 saturated heterocycles. The van der Waals surface area contributed by atoms with Crippen molar-refractivity contribution in [2.45, 2.75) is 19.8 Å². The second-order valence-corrected chi connectivity index (χ2v) is 5.61. The van der Waals surface area contributed by atoms with Crippen molar-refractivity contribution >= 4 is 22.4 Å². The minimum absolute atomic E-state index is 0.00263. The van der Waals surface area contributed by atoms with Gasteiger partial charge in [-0.1, -0.05) is 0 Å². The van der Waals surface area contributed by atoms with Crippen LogP contribution in [0.1, 0.15) is 19.8 Å². The third-order valence-corrected chi connectivity index (χ3v) is 3.80. The van der Waals surface area contributed by atoms with Crippen LogP contribution >= 0.6 is 11.3 Å². The molecule has 0 atom stereocenters. The number of carbonyl (C=O) groups is 1. The molecule has 0 aliphatic rings. The Labute approximate surface area is 134 Å². The number of aromatic nitrogens is 1.